The number of aromatic nitrogens is 1. The van der Waals surface area contributed by atoms with Crippen LogP contribution in [0.2, 0.25) is 0 Å². The Hall–Kier alpha value is -2.46. The van der Waals surface area contributed by atoms with Crippen LogP contribution in [-0.4, -0.2) is 43.7 Å². The maximum absolute atomic E-state index is 5.55. The predicted molar refractivity (Wildman–Crippen MR) is 129 cm³/mol. The first-order chi connectivity index (χ1) is 15.0. The summed E-state index contributed by atoms with van der Waals surface area (Å²) in [5.41, 5.74) is 6.37. The average Bonchev–Trinajstić information content (AvgIpc) is 3.18. The SMILES string of the molecule is C[CH]CN1CCC(c2ccc3[nH]c(-c4ccc(OC)c(OC)c4)c(C(C)C)c3c2)CC1. The van der Waals surface area contributed by atoms with Crippen LogP contribution in [0, 0.1) is 6.42 Å². The Morgan fingerprint density at radius 3 is 2.42 bits per heavy atom. The number of methoxy groups -OCH3 is 2. The smallest absolute Gasteiger partial charge is 0.161 e. The van der Waals surface area contributed by atoms with Gasteiger partial charge in [-0.15, -0.1) is 0 Å². The van der Waals surface area contributed by atoms with Gasteiger partial charge in [0, 0.05) is 23.0 Å². The molecule has 2 heterocycles. The van der Waals surface area contributed by atoms with E-state index in [2.05, 4.69) is 67.4 Å². The van der Waals surface area contributed by atoms with Crippen molar-refractivity contribution < 1.29 is 9.47 Å². The molecule has 0 aliphatic carbocycles. The molecule has 0 unspecified atom stereocenters. The molecule has 3 aromatic rings. The van der Waals surface area contributed by atoms with Crippen molar-refractivity contribution >= 4 is 10.9 Å². The Labute approximate surface area is 186 Å². The van der Waals surface area contributed by atoms with Crippen LogP contribution in [0.25, 0.3) is 22.2 Å². The predicted octanol–water partition coefficient (Wildman–Crippen LogP) is 6.38. The fourth-order valence-corrected chi connectivity index (χ4v) is 5.01. The van der Waals surface area contributed by atoms with E-state index in [1.165, 1.54) is 53.7 Å². The van der Waals surface area contributed by atoms with Gasteiger partial charge >= 0.3 is 0 Å². The number of likely N-dealkylation sites (tertiary alicyclic amines) is 1. The molecule has 2 aromatic carbocycles. The number of fused-ring (bicyclic) bond motifs is 1. The minimum atomic E-state index is 0.411. The Morgan fingerprint density at radius 2 is 1.77 bits per heavy atom. The quantitative estimate of drug-likeness (QED) is 0.483. The number of benzene rings is 2. The van der Waals surface area contributed by atoms with Crippen molar-refractivity contribution in [1.29, 1.82) is 0 Å². The van der Waals surface area contributed by atoms with Crippen molar-refractivity contribution in [2.45, 2.75) is 45.4 Å². The van der Waals surface area contributed by atoms with Gasteiger partial charge in [0.2, 0.25) is 0 Å². The number of H-pyrrole nitrogens is 1. The number of nitrogens with one attached hydrogen (secondary N) is 1. The van der Waals surface area contributed by atoms with Gasteiger partial charge in [0.05, 0.1) is 19.9 Å². The standard InChI is InChI=1S/C27H35N2O2/c1-6-13-29-14-11-19(12-15-29)20-7-9-23-22(16-20)26(18(2)3)27(28-23)21-8-10-24(30-4)25(17-21)31-5/h6-10,16-19,28H,11-15H2,1-5H3. The molecule has 1 N–H and O–H groups in total. The third-order valence-electron chi connectivity index (χ3n) is 6.61. The lowest BCUT2D eigenvalue weighted by atomic mass is 9.87. The van der Waals surface area contributed by atoms with E-state index in [1.807, 2.05) is 6.07 Å². The van der Waals surface area contributed by atoms with Crippen LogP contribution in [-0.2, 0) is 0 Å². The topological polar surface area (TPSA) is 37.5 Å². The van der Waals surface area contributed by atoms with Crippen molar-refractivity contribution in [3.05, 3.63) is 53.9 Å². The van der Waals surface area contributed by atoms with Gasteiger partial charge in [-0.1, -0.05) is 26.8 Å². The zero-order valence-corrected chi connectivity index (χ0v) is 19.5. The molecule has 31 heavy (non-hydrogen) atoms. The number of hydrogen-bond acceptors (Lipinski definition) is 3. The molecule has 1 aliphatic heterocycles. The first-order valence-corrected chi connectivity index (χ1v) is 11.4. The molecule has 0 bridgehead atoms. The van der Waals surface area contributed by atoms with Gasteiger partial charge < -0.3 is 19.4 Å². The van der Waals surface area contributed by atoms with Crippen molar-refractivity contribution in [1.82, 2.24) is 9.88 Å². The second-order valence-electron chi connectivity index (χ2n) is 8.93. The number of ether oxygens (including phenoxy) is 2. The van der Waals surface area contributed by atoms with Gasteiger partial charge in [-0.05, 0) is 85.6 Å². The molecule has 0 atom stereocenters. The van der Waals surface area contributed by atoms with E-state index in [0.29, 0.717) is 11.8 Å². The van der Waals surface area contributed by atoms with E-state index < -0.39 is 0 Å². The summed E-state index contributed by atoms with van der Waals surface area (Å²) in [5.74, 6) is 2.57. The Kier molecular flexibility index (Phi) is 6.57. The number of hydrogen-bond donors (Lipinski definition) is 1. The van der Waals surface area contributed by atoms with Crippen LogP contribution in [0.5, 0.6) is 11.5 Å². The van der Waals surface area contributed by atoms with E-state index in [-0.39, 0.29) is 0 Å². The summed E-state index contributed by atoms with van der Waals surface area (Å²) >= 11 is 0. The van der Waals surface area contributed by atoms with Crippen LogP contribution in [0.1, 0.15) is 56.6 Å². The van der Waals surface area contributed by atoms with Crippen molar-refractivity contribution in [3.8, 4) is 22.8 Å². The van der Waals surface area contributed by atoms with E-state index in [1.54, 1.807) is 14.2 Å². The molecule has 0 amide bonds. The molecule has 1 fully saturated rings. The first kappa shape index (κ1) is 21.8. The van der Waals surface area contributed by atoms with Crippen molar-refractivity contribution in [2.75, 3.05) is 33.9 Å². The van der Waals surface area contributed by atoms with Crippen LogP contribution in [0.3, 0.4) is 0 Å². The summed E-state index contributed by atoms with van der Waals surface area (Å²) in [4.78, 5) is 6.25. The summed E-state index contributed by atoms with van der Waals surface area (Å²) in [5, 5.41) is 1.35. The minimum Gasteiger partial charge on any atom is -0.493 e. The lowest BCUT2D eigenvalue weighted by Crippen LogP contribution is -2.33. The summed E-state index contributed by atoms with van der Waals surface area (Å²) in [6.07, 6.45) is 4.74. The van der Waals surface area contributed by atoms with E-state index in [9.17, 15) is 0 Å². The second-order valence-corrected chi connectivity index (χ2v) is 8.93. The highest BCUT2D eigenvalue weighted by Gasteiger charge is 2.22. The summed E-state index contributed by atoms with van der Waals surface area (Å²) in [7, 11) is 3.36. The summed E-state index contributed by atoms with van der Waals surface area (Å²) in [6, 6.07) is 13.2. The largest absolute Gasteiger partial charge is 0.493 e. The molecule has 4 heteroatoms. The zero-order valence-electron chi connectivity index (χ0n) is 19.5. The maximum atomic E-state index is 5.55. The molecule has 165 valence electrons. The van der Waals surface area contributed by atoms with Gasteiger partial charge in [-0.2, -0.15) is 0 Å². The van der Waals surface area contributed by atoms with E-state index in [4.69, 9.17) is 9.47 Å². The zero-order chi connectivity index (χ0) is 22.0. The Morgan fingerprint density at radius 1 is 1.03 bits per heavy atom. The van der Waals surface area contributed by atoms with E-state index in [0.717, 1.165) is 23.6 Å². The van der Waals surface area contributed by atoms with Crippen LogP contribution in [0.4, 0.5) is 0 Å². The van der Waals surface area contributed by atoms with Gasteiger partial charge in [0.25, 0.3) is 0 Å². The van der Waals surface area contributed by atoms with E-state index >= 15 is 0 Å². The lowest BCUT2D eigenvalue weighted by molar-refractivity contribution is 0.227. The molecular formula is C27H35N2O2. The Bertz CT molecular complexity index is 1030. The number of nitrogens with zero attached hydrogens (tertiary/aromatic N) is 1. The van der Waals surface area contributed by atoms with Gasteiger partial charge in [0.15, 0.2) is 11.5 Å². The average molecular weight is 420 g/mol. The molecular weight excluding hydrogens is 384 g/mol. The molecule has 1 radical (unpaired) electrons. The monoisotopic (exact) mass is 419 g/mol. The molecule has 4 rings (SSSR count). The molecule has 1 aliphatic rings. The van der Waals surface area contributed by atoms with Gasteiger partial charge in [-0.25, -0.2) is 0 Å². The van der Waals surface area contributed by atoms with Crippen molar-refractivity contribution in [3.63, 3.8) is 0 Å². The lowest BCUT2D eigenvalue weighted by Gasteiger charge is -2.32. The minimum absolute atomic E-state index is 0.411. The molecule has 4 nitrogen and oxygen atoms in total. The number of aromatic amines is 1. The molecule has 0 spiro atoms. The third kappa shape index (κ3) is 4.31. The molecule has 1 aromatic heterocycles. The fraction of sp³-hybridized carbons (Fsp3) is 0.444. The van der Waals surface area contributed by atoms with Crippen molar-refractivity contribution in [2.24, 2.45) is 0 Å². The molecule has 1 saturated heterocycles. The highest BCUT2D eigenvalue weighted by molar-refractivity contribution is 5.92. The van der Waals surface area contributed by atoms with Gasteiger partial charge in [-0.3, -0.25) is 0 Å². The highest BCUT2D eigenvalue weighted by atomic mass is 16.5. The number of piperidine rings is 1. The Balaban J connectivity index is 1.71. The highest BCUT2D eigenvalue weighted by Crippen LogP contribution is 2.40. The normalized spacial score (nSPS) is 15.7. The summed E-state index contributed by atoms with van der Waals surface area (Å²) < 4.78 is 11.0. The van der Waals surface area contributed by atoms with Crippen LogP contribution in [0.15, 0.2) is 36.4 Å². The molecule has 0 saturated carbocycles. The third-order valence-corrected chi connectivity index (χ3v) is 6.61. The van der Waals surface area contributed by atoms with Gasteiger partial charge in [0.1, 0.15) is 0 Å². The van der Waals surface area contributed by atoms with Crippen LogP contribution < -0.4 is 9.47 Å². The first-order valence-electron chi connectivity index (χ1n) is 11.4. The summed E-state index contributed by atoms with van der Waals surface area (Å²) in [6.45, 7) is 10.2. The second kappa shape index (κ2) is 9.35. The maximum Gasteiger partial charge on any atom is 0.161 e. The number of rotatable bonds is 7. The van der Waals surface area contributed by atoms with Crippen LogP contribution >= 0.6 is 0 Å². The fourth-order valence-electron chi connectivity index (χ4n) is 5.01.